The quantitative estimate of drug-likeness (QED) is 0.548. The van der Waals surface area contributed by atoms with E-state index in [4.69, 9.17) is 14.2 Å². The van der Waals surface area contributed by atoms with Crippen molar-refractivity contribution in [1.29, 1.82) is 0 Å². The average Bonchev–Trinajstić information content (AvgIpc) is 2.69. The molecular weight excluding hydrogens is 336 g/mol. The Morgan fingerprint density at radius 3 is 2.19 bits per heavy atom. The minimum Gasteiger partial charge on any atom is -0.497 e. The average molecular weight is 367 g/mol. The van der Waals surface area contributed by atoms with Crippen LogP contribution in [0, 0.1) is 23.7 Å². The third kappa shape index (κ3) is 7.09. The topological polar surface area (TPSA) is 27.7 Å². The molecule has 0 aliphatic heterocycles. The fourth-order valence-electron chi connectivity index (χ4n) is 3.06. The highest BCUT2D eigenvalue weighted by Crippen LogP contribution is 2.21. The van der Waals surface area contributed by atoms with Gasteiger partial charge in [0, 0.05) is 11.8 Å². The van der Waals surface area contributed by atoms with E-state index < -0.39 is 0 Å². The van der Waals surface area contributed by atoms with Gasteiger partial charge in [0.05, 0.1) is 33.0 Å². The summed E-state index contributed by atoms with van der Waals surface area (Å²) in [5.74, 6) is 7.48. The minimum absolute atomic E-state index is 0.00956. The zero-order valence-corrected chi connectivity index (χ0v) is 16.8. The predicted octanol–water partition coefficient (Wildman–Crippen LogP) is 5.09. The molecule has 0 aliphatic carbocycles. The molecule has 0 bridgehead atoms. The highest BCUT2D eigenvalue weighted by molar-refractivity contribution is 5.26. The smallest absolute Gasteiger partial charge is 0.118 e. The van der Waals surface area contributed by atoms with E-state index in [0.717, 1.165) is 11.3 Å². The molecule has 0 unspecified atom stereocenters. The monoisotopic (exact) mass is 366 g/mol. The highest BCUT2D eigenvalue weighted by atomic mass is 16.5. The molecule has 0 aliphatic rings. The van der Waals surface area contributed by atoms with Crippen molar-refractivity contribution in [2.45, 2.75) is 40.1 Å². The highest BCUT2D eigenvalue weighted by Gasteiger charge is 2.24. The SMILES string of the molecule is CC#C[C@H](C)[C@@H](OCc1ccc(OC)cc1)[C@@H](C)COCc1ccccc1. The summed E-state index contributed by atoms with van der Waals surface area (Å²) in [6.07, 6.45) is 0.00956. The first-order valence-electron chi connectivity index (χ1n) is 9.42. The Kier molecular flexibility index (Phi) is 8.91. The maximum atomic E-state index is 6.26. The van der Waals surface area contributed by atoms with Crippen molar-refractivity contribution in [3.05, 3.63) is 65.7 Å². The van der Waals surface area contributed by atoms with Crippen molar-refractivity contribution < 1.29 is 14.2 Å². The third-order valence-corrected chi connectivity index (χ3v) is 4.52. The van der Waals surface area contributed by atoms with E-state index in [0.29, 0.717) is 19.8 Å². The molecule has 0 amide bonds. The van der Waals surface area contributed by atoms with E-state index in [2.05, 4.69) is 37.8 Å². The molecule has 0 saturated heterocycles. The van der Waals surface area contributed by atoms with Gasteiger partial charge in [0.15, 0.2) is 0 Å². The van der Waals surface area contributed by atoms with E-state index in [1.54, 1.807) is 7.11 Å². The van der Waals surface area contributed by atoms with Crippen molar-refractivity contribution >= 4 is 0 Å². The van der Waals surface area contributed by atoms with Crippen LogP contribution in [0.2, 0.25) is 0 Å². The molecule has 2 aromatic carbocycles. The zero-order valence-electron chi connectivity index (χ0n) is 16.8. The van der Waals surface area contributed by atoms with E-state index in [-0.39, 0.29) is 17.9 Å². The van der Waals surface area contributed by atoms with Gasteiger partial charge in [-0.05, 0) is 37.1 Å². The lowest BCUT2D eigenvalue weighted by Crippen LogP contribution is -2.31. The van der Waals surface area contributed by atoms with Gasteiger partial charge in [-0.3, -0.25) is 0 Å². The third-order valence-electron chi connectivity index (χ3n) is 4.52. The second-order valence-corrected chi connectivity index (χ2v) is 6.78. The van der Waals surface area contributed by atoms with Crippen molar-refractivity contribution in [3.63, 3.8) is 0 Å². The van der Waals surface area contributed by atoms with Crippen LogP contribution in [-0.4, -0.2) is 19.8 Å². The summed E-state index contributed by atoms with van der Waals surface area (Å²) in [6.45, 7) is 7.95. The van der Waals surface area contributed by atoms with E-state index in [9.17, 15) is 0 Å². The standard InChI is InChI=1S/C24H30O3/c1-5-9-19(2)24(27-18-22-12-14-23(25-4)15-13-22)20(3)16-26-17-21-10-7-6-8-11-21/h6-8,10-15,19-20,24H,16-18H2,1-4H3/t19-,20-,24+/m0/s1. The molecule has 144 valence electrons. The summed E-state index contributed by atoms with van der Waals surface area (Å²) >= 11 is 0. The Balaban J connectivity index is 1.91. The van der Waals surface area contributed by atoms with Crippen molar-refractivity contribution in [2.75, 3.05) is 13.7 Å². The zero-order chi connectivity index (χ0) is 19.5. The van der Waals surface area contributed by atoms with Crippen LogP contribution in [0.1, 0.15) is 31.9 Å². The van der Waals surface area contributed by atoms with E-state index in [1.165, 1.54) is 5.56 Å². The number of methoxy groups -OCH3 is 1. The van der Waals surface area contributed by atoms with Gasteiger partial charge >= 0.3 is 0 Å². The maximum absolute atomic E-state index is 6.26. The van der Waals surface area contributed by atoms with Gasteiger partial charge in [0.25, 0.3) is 0 Å². The van der Waals surface area contributed by atoms with Crippen molar-refractivity contribution in [1.82, 2.24) is 0 Å². The maximum Gasteiger partial charge on any atom is 0.118 e. The van der Waals surface area contributed by atoms with Crippen LogP contribution >= 0.6 is 0 Å². The predicted molar refractivity (Wildman–Crippen MR) is 109 cm³/mol. The lowest BCUT2D eigenvalue weighted by Gasteiger charge is -2.27. The van der Waals surface area contributed by atoms with Crippen LogP contribution in [0.15, 0.2) is 54.6 Å². The summed E-state index contributed by atoms with van der Waals surface area (Å²) in [7, 11) is 1.67. The molecule has 0 saturated carbocycles. The van der Waals surface area contributed by atoms with Crippen LogP contribution in [-0.2, 0) is 22.7 Å². The van der Waals surface area contributed by atoms with Gasteiger partial charge in [0.1, 0.15) is 5.75 Å². The summed E-state index contributed by atoms with van der Waals surface area (Å²) in [5, 5.41) is 0. The number of rotatable bonds is 10. The number of benzene rings is 2. The summed E-state index contributed by atoms with van der Waals surface area (Å²) in [6, 6.07) is 18.2. The first-order chi connectivity index (χ1) is 13.1. The lowest BCUT2D eigenvalue weighted by atomic mass is 9.94. The fourth-order valence-corrected chi connectivity index (χ4v) is 3.06. The summed E-state index contributed by atoms with van der Waals surface area (Å²) in [4.78, 5) is 0. The van der Waals surface area contributed by atoms with Crippen LogP contribution in [0.5, 0.6) is 5.75 Å². The van der Waals surface area contributed by atoms with Crippen LogP contribution in [0.4, 0.5) is 0 Å². The first kappa shape index (κ1) is 21.0. The van der Waals surface area contributed by atoms with Crippen molar-refractivity contribution in [3.8, 4) is 17.6 Å². The molecule has 2 aromatic rings. The lowest BCUT2D eigenvalue weighted by molar-refractivity contribution is -0.0437. The van der Waals surface area contributed by atoms with Gasteiger partial charge in [-0.1, -0.05) is 55.3 Å². The van der Waals surface area contributed by atoms with Gasteiger partial charge in [-0.25, -0.2) is 0 Å². The molecule has 0 N–H and O–H groups in total. The Hall–Kier alpha value is -2.28. The Morgan fingerprint density at radius 1 is 0.889 bits per heavy atom. The molecule has 0 heterocycles. The molecule has 3 nitrogen and oxygen atoms in total. The molecule has 0 fully saturated rings. The summed E-state index contributed by atoms with van der Waals surface area (Å²) < 4.78 is 17.4. The Labute approximate surface area is 163 Å². The Morgan fingerprint density at radius 2 is 1.56 bits per heavy atom. The van der Waals surface area contributed by atoms with Gasteiger partial charge in [-0.15, -0.1) is 5.92 Å². The van der Waals surface area contributed by atoms with Crippen molar-refractivity contribution in [2.24, 2.45) is 11.8 Å². The second kappa shape index (κ2) is 11.4. The molecule has 0 spiro atoms. The molecule has 3 atom stereocenters. The van der Waals surface area contributed by atoms with Crippen LogP contribution < -0.4 is 4.74 Å². The molecule has 2 rings (SSSR count). The van der Waals surface area contributed by atoms with Gasteiger partial charge in [-0.2, -0.15) is 0 Å². The number of hydrogen-bond donors (Lipinski definition) is 0. The van der Waals surface area contributed by atoms with Gasteiger partial charge < -0.3 is 14.2 Å². The molecule has 3 heteroatoms. The molecular formula is C24H30O3. The first-order valence-corrected chi connectivity index (χ1v) is 9.42. The summed E-state index contributed by atoms with van der Waals surface area (Å²) in [5.41, 5.74) is 2.30. The molecule has 27 heavy (non-hydrogen) atoms. The molecule has 0 radical (unpaired) electrons. The minimum atomic E-state index is 0.00956. The fraction of sp³-hybridized carbons (Fsp3) is 0.417. The van der Waals surface area contributed by atoms with Gasteiger partial charge in [0.2, 0.25) is 0 Å². The number of hydrogen-bond acceptors (Lipinski definition) is 3. The normalized spacial score (nSPS) is 13.9. The largest absolute Gasteiger partial charge is 0.497 e. The van der Waals surface area contributed by atoms with E-state index >= 15 is 0 Å². The molecule has 0 aromatic heterocycles. The van der Waals surface area contributed by atoms with Crippen LogP contribution in [0.25, 0.3) is 0 Å². The number of ether oxygens (including phenoxy) is 3. The second-order valence-electron chi connectivity index (χ2n) is 6.78. The van der Waals surface area contributed by atoms with Crippen LogP contribution in [0.3, 0.4) is 0 Å². The van der Waals surface area contributed by atoms with E-state index in [1.807, 2.05) is 49.4 Å². The Bertz CT molecular complexity index is 713.